The number of rotatable bonds is 3. The van der Waals surface area contributed by atoms with Gasteiger partial charge in [-0.25, -0.2) is 0 Å². The van der Waals surface area contributed by atoms with Crippen molar-refractivity contribution in [2.45, 2.75) is 27.7 Å². The zero-order chi connectivity index (χ0) is 33.7. The predicted octanol–water partition coefficient (Wildman–Crippen LogP) is 10.6. The van der Waals surface area contributed by atoms with Gasteiger partial charge in [-0.1, -0.05) is 107 Å². The Morgan fingerprint density at radius 1 is 0.440 bits per heavy atom. The molecule has 2 aliphatic rings. The first kappa shape index (κ1) is 29.0. The van der Waals surface area contributed by atoms with Crippen LogP contribution in [0.5, 0.6) is 0 Å². The molecule has 0 atom stereocenters. The lowest BCUT2D eigenvalue weighted by molar-refractivity contribution is 0.670. The minimum absolute atomic E-state index is 0.0941. The molecule has 4 heteroatoms. The molecular formula is C46H35BN2O. The third-order valence-corrected chi connectivity index (χ3v) is 10.7. The van der Waals surface area contributed by atoms with Gasteiger partial charge in [0.15, 0.2) is 0 Å². The Bertz CT molecular complexity index is 2670. The van der Waals surface area contributed by atoms with Crippen molar-refractivity contribution in [1.82, 2.24) is 0 Å². The van der Waals surface area contributed by atoms with Crippen LogP contribution < -0.4 is 26.2 Å². The molecule has 0 saturated heterocycles. The van der Waals surface area contributed by atoms with Gasteiger partial charge in [0.1, 0.15) is 11.2 Å². The number of fused-ring (bicyclic) bond motifs is 7. The number of hydrogen-bond donors (Lipinski definition) is 0. The van der Waals surface area contributed by atoms with Crippen LogP contribution in [-0.4, -0.2) is 6.71 Å². The molecular weight excluding hydrogens is 607 g/mol. The number of aryl methyl sites for hydroxylation is 4. The van der Waals surface area contributed by atoms with Gasteiger partial charge in [0.2, 0.25) is 0 Å². The maximum absolute atomic E-state index is 6.63. The lowest BCUT2D eigenvalue weighted by Crippen LogP contribution is -2.61. The molecule has 0 spiro atoms. The van der Waals surface area contributed by atoms with Gasteiger partial charge in [-0.15, -0.1) is 0 Å². The third-order valence-electron chi connectivity index (χ3n) is 10.7. The van der Waals surface area contributed by atoms with Crippen molar-refractivity contribution < 1.29 is 4.42 Å². The van der Waals surface area contributed by atoms with E-state index in [1.54, 1.807) is 0 Å². The van der Waals surface area contributed by atoms with Crippen molar-refractivity contribution in [1.29, 1.82) is 0 Å². The lowest BCUT2D eigenvalue weighted by atomic mass is 9.33. The van der Waals surface area contributed by atoms with Crippen molar-refractivity contribution in [3.8, 4) is 11.1 Å². The van der Waals surface area contributed by atoms with Gasteiger partial charge < -0.3 is 14.2 Å². The van der Waals surface area contributed by atoms with Crippen LogP contribution in [0.4, 0.5) is 34.1 Å². The average molecular weight is 643 g/mol. The summed E-state index contributed by atoms with van der Waals surface area (Å²) in [7, 11) is 0. The molecule has 1 aromatic heterocycles. The van der Waals surface area contributed by atoms with Gasteiger partial charge in [0, 0.05) is 50.3 Å². The second-order valence-corrected chi connectivity index (χ2v) is 14.1. The number of furan rings is 1. The Morgan fingerprint density at radius 3 is 1.76 bits per heavy atom. The molecule has 0 aliphatic carbocycles. The molecule has 10 rings (SSSR count). The largest absolute Gasteiger partial charge is 0.455 e. The lowest BCUT2D eigenvalue weighted by Gasteiger charge is -2.44. The average Bonchev–Trinajstić information content (AvgIpc) is 3.51. The number of nitrogens with zero attached hydrogens (tertiary/aromatic N) is 2. The minimum Gasteiger partial charge on any atom is -0.455 e. The zero-order valence-corrected chi connectivity index (χ0v) is 28.7. The predicted molar refractivity (Wildman–Crippen MR) is 212 cm³/mol. The monoisotopic (exact) mass is 642 g/mol. The molecule has 3 nitrogen and oxygen atoms in total. The highest BCUT2D eigenvalue weighted by atomic mass is 16.3. The van der Waals surface area contributed by atoms with E-state index in [-0.39, 0.29) is 6.71 Å². The fourth-order valence-electron chi connectivity index (χ4n) is 8.43. The van der Waals surface area contributed by atoms with Crippen LogP contribution in [0.1, 0.15) is 22.3 Å². The first-order valence-corrected chi connectivity index (χ1v) is 17.5. The summed E-state index contributed by atoms with van der Waals surface area (Å²) in [6.07, 6.45) is 0. The summed E-state index contributed by atoms with van der Waals surface area (Å²) in [5, 5.41) is 2.28. The summed E-state index contributed by atoms with van der Waals surface area (Å²) in [4.78, 5) is 4.97. The van der Waals surface area contributed by atoms with Gasteiger partial charge >= 0.3 is 0 Å². The molecule has 7 aromatic carbocycles. The van der Waals surface area contributed by atoms with E-state index in [0.29, 0.717) is 0 Å². The quantitative estimate of drug-likeness (QED) is 0.179. The van der Waals surface area contributed by atoms with Crippen LogP contribution in [0, 0.1) is 27.7 Å². The minimum atomic E-state index is 0.0941. The molecule has 0 unspecified atom stereocenters. The van der Waals surface area contributed by atoms with Gasteiger partial charge in [-0.3, -0.25) is 0 Å². The third kappa shape index (κ3) is 4.18. The molecule has 2 aliphatic heterocycles. The van der Waals surface area contributed by atoms with E-state index in [9.17, 15) is 0 Å². The Kier molecular flexibility index (Phi) is 6.23. The Morgan fingerprint density at radius 2 is 1.02 bits per heavy atom. The molecule has 238 valence electrons. The van der Waals surface area contributed by atoms with E-state index in [1.165, 1.54) is 67.1 Å². The summed E-state index contributed by atoms with van der Waals surface area (Å²) >= 11 is 0. The van der Waals surface area contributed by atoms with E-state index in [2.05, 4.69) is 171 Å². The van der Waals surface area contributed by atoms with Crippen LogP contribution >= 0.6 is 0 Å². The van der Waals surface area contributed by atoms with Crippen molar-refractivity contribution in [2.24, 2.45) is 0 Å². The molecule has 0 N–H and O–H groups in total. The van der Waals surface area contributed by atoms with E-state index in [4.69, 9.17) is 4.42 Å². The highest BCUT2D eigenvalue weighted by Gasteiger charge is 2.43. The molecule has 0 fully saturated rings. The Balaban J connectivity index is 1.28. The molecule has 0 radical (unpaired) electrons. The van der Waals surface area contributed by atoms with Gasteiger partial charge in [0.25, 0.3) is 6.71 Å². The maximum Gasteiger partial charge on any atom is 0.252 e. The second kappa shape index (κ2) is 10.8. The normalized spacial score (nSPS) is 13.1. The van der Waals surface area contributed by atoms with Gasteiger partial charge in [0.05, 0.1) is 5.69 Å². The first-order chi connectivity index (χ1) is 24.4. The zero-order valence-electron chi connectivity index (χ0n) is 28.7. The number of benzene rings is 7. The fraction of sp³-hybridized carbons (Fsp3) is 0.0870. The highest BCUT2D eigenvalue weighted by Crippen LogP contribution is 2.48. The molecule has 8 aromatic rings. The molecule has 50 heavy (non-hydrogen) atoms. The van der Waals surface area contributed by atoms with Crippen LogP contribution in [0.2, 0.25) is 0 Å². The van der Waals surface area contributed by atoms with Crippen LogP contribution in [0.15, 0.2) is 144 Å². The van der Waals surface area contributed by atoms with Gasteiger partial charge in [-0.05, 0) is 98.7 Å². The SMILES string of the molecule is Cc1ccc(N2c3ccc(C)cc3B3c4cc(C)ccc4N(c4ccc(C)cc4-c4cccc5c4oc4ccccc45)c4cccc2c43)cc1. The maximum atomic E-state index is 6.63. The molecule has 0 bridgehead atoms. The summed E-state index contributed by atoms with van der Waals surface area (Å²) in [5.74, 6) is 0. The van der Waals surface area contributed by atoms with Crippen LogP contribution in [-0.2, 0) is 0 Å². The van der Waals surface area contributed by atoms with E-state index >= 15 is 0 Å². The van der Waals surface area contributed by atoms with Gasteiger partial charge in [-0.2, -0.15) is 0 Å². The molecule has 3 heterocycles. The van der Waals surface area contributed by atoms with E-state index < -0.39 is 0 Å². The highest BCUT2D eigenvalue weighted by molar-refractivity contribution is 7.00. The van der Waals surface area contributed by atoms with Crippen molar-refractivity contribution >= 4 is 79.2 Å². The van der Waals surface area contributed by atoms with E-state index in [1.807, 2.05) is 6.07 Å². The number of anilines is 6. The van der Waals surface area contributed by atoms with E-state index in [0.717, 1.165) is 38.8 Å². The summed E-state index contributed by atoms with van der Waals surface area (Å²) < 4.78 is 6.63. The van der Waals surface area contributed by atoms with Crippen molar-refractivity contribution in [2.75, 3.05) is 9.80 Å². The molecule has 0 saturated carbocycles. The summed E-state index contributed by atoms with van der Waals surface area (Å²) in [6, 6.07) is 51.5. The molecule has 0 amide bonds. The fourth-order valence-corrected chi connectivity index (χ4v) is 8.43. The first-order valence-electron chi connectivity index (χ1n) is 17.5. The second-order valence-electron chi connectivity index (χ2n) is 14.1. The number of hydrogen-bond acceptors (Lipinski definition) is 3. The topological polar surface area (TPSA) is 19.6 Å². The number of para-hydroxylation sites is 2. The van der Waals surface area contributed by atoms with Crippen molar-refractivity contribution in [3.63, 3.8) is 0 Å². The summed E-state index contributed by atoms with van der Waals surface area (Å²) in [5.41, 5.74) is 20.3. The Hall–Kier alpha value is -6.00. The van der Waals surface area contributed by atoms with Crippen LogP contribution in [0.25, 0.3) is 33.1 Å². The van der Waals surface area contributed by atoms with Crippen LogP contribution in [0.3, 0.4) is 0 Å². The standard InChI is InChI=1S/C46H35BN2O/c1-28-15-20-32(21-16-28)48-40-23-18-30(3)26-37(40)47-38-27-31(4)19-24-41(38)49(43-13-8-12-42(48)45(43)47)39-22-17-29(2)25-36(39)35-11-7-10-34-33-9-5-6-14-44(33)50-46(34)35/h5-27H,1-4H3. The summed E-state index contributed by atoms with van der Waals surface area (Å²) in [6.45, 7) is 8.85. The Labute approximate surface area is 293 Å². The van der Waals surface area contributed by atoms with Crippen molar-refractivity contribution in [3.05, 3.63) is 162 Å². The smallest absolute Gasteiger partial charge is 0.252 e.